The van der Waals surface area contributed by atoms with Crippen LogP contribution in [0.15, 0.2) is 29.3 Å². The lowest BCUT2D eigenvalue weighted by Crippen LogP contribution is -2.43. The summed E-state index contributed by atoms with van der Waals surface area (Å²) in [7, 11) is -4.50. The second kappa shape index (κ2) is 8.91. The topological polar surface area (TPSA) is 87.8 Å². The molecule has 4 rings (SSSR count). The molecular weight excluding hydrogens is 484 g/mol. The van der Waals surface area contributed by atoms with Gasteiger partial charge in [-0.15, -0.1) is 0 Å². The highest BCUT2D eigenvalue weighted by Gasteiger charge is 2.39. The first-order chi connectivity index (χ1) is 16.3. The average Bonchev–Trinajstić information content (AvgIpc) is 3.38. The van der Waals surface area contributed by atoms with E-state index in [-0.39, 0.29) is 22.1 Å². The molecule has 0 bridgehead atoms. The van der Waals surface area contributed by atoms with Crippen molar-refractivity contribution in [2.24, 2.45) is 0 Å². The Balaban J connectivity index is 1.89. The summed E-state index contributed by atoms with van der Waals surface area (Å²) in [6.45, 7) is 3.81. The molecule has 11 heteroatoms. The Morgan fingerprint density at radius 3 is 2.40 bits per heavy atom. The van der Waals surface area contributed by atoms with Crippen molar-refractivity contribution < 1.29 is 26.0 Å². The molecule has 0 spiro atoms. The highest BCUT2D eigenvalue weighted by atomic mass is 32.2. The van der Waals surface area contributed by atoms with E-state index in [9.17, 15) is 31.2 Å². The number of pyridine rings is 1. The Labute approximate surface area is 200 Å². The molecule has 1 aliphatic rings. The van der Waals surface area contributed by atoms with Crippen LogP contribution in [0.3, 0.4) is 0 Å². The van der Waals surface area contributed by atoms with Crippen LogP contribution in [0.5, 0.6) is 0 Å². The van der Waals surface area contributed by atoms with Gasteiger partial charge in [0.15, 0.2) is 0 Å². The first kappa shape index (κ1) is 25.1. The van der Waals surface area contributed by atoms with Gasteiger partial charge in [0.1, 0.15) is 22.8 Å². The number of sulfonamides is 1. The Hall–Kier alpha value is -2.97. The van der Waals surface area contributed by atoms with Gasteiger partial charge in [0.05, 0.1) is 22.5 Å². The molecule has 2 heterocycles. The van der Waals surface area contributed by atoms with Gasteiger partial charge in [-0.25, -0.2) is 12.8 Å². The first-order valence-corrected chi connectivity index (χ1v) is 12.6. The first-order valence-electron chi connectivity index (χ1n) is 11.2. The number of hydrogen-bond donors (Lipinski definition) is 1. The van der Waals surface area contributed by atoms with Crippen molar-refractivity contribution in [3.8, 4) is 17.5 Å². The molecule has 35 heavy (non-hydrogen) atoms. The molecule has 1 unspecified atom stereocenters. The Kier molecular flexibility index (Phi) is 6.40. The van der Waals surface area contributed by atoms with Crippen molar-refractivity contribution in [3.63, 3.8) is 0 Å². The van der Waals surface area contributed by atoms with Gasteiger partial charge >= 0.3 is 6.18 Å². The van der Waals surface area contributed by atoms with Crippen molar-refractivity contribution in [3.05, 3.63) is 46.9 Å². The molecule has 1 atom stereocenters. The second-order valence-electron chi connectivity index (χ2n) is 8.98. The number of nitrogens with one attached hydrogen (secondary N) is 1. The van der Waals surface area contributed by atoms with Crippen LogP contribution < -0.4 is 4.72 Å². The van der Waals surface area contributed by atoms with E-state index >= 15 is 0 Å². The number of benzene rings is 1. The predicted octanol–water partition coefficient (Wildman–Crippen LogP) is 5.68. The molecule has 1 fully saturated rings. The standard InChI is InChI=1S/C24H24F4N4O2S/c1-13-9-21-17(10-19(13)25)18(11-29)23(32(21)16-6-4-5-7-16)20-8-14(2)22(12-30-20)35(33,34)31-15(3)24(26,27)28/h8-10,12,15-16,31H,4-7H2,1-3H3. The summed E-state index contributed by atoms with van der Waals surface area (Å²) < 4.78 is 82.0. The zero-order chi connectivity index (χ0) is 25.7. The minimum atomic E-state index is -4.74. The van der Waals surface area contributed by atoms with Crippen LogP contribution in [-0.4, -0.2) is 30.2 Å². The predicted molar refractivity (Wildman–Crippen MR) is 123 cm³/mol. The zero-order valence-electron chi connectivity index (χ0n) is 19.4. The van der Waals surface area contributed by atoms with E-state index in [0.717, 1.165) is 38.8 Å². The molecule has 186 valence electrons. The number of fused-ring (bicyclic) bond motifs is 1. The maximum atomic E-state index is 14.4. The van der Waals surface area contributed by atoms with E-state index in [2.05, 4.69) is 11.1 Å². The molecule has 1 saturated carbocycles. The van der Waals surface area contributed by atoms with Crippen molar-refractivity contribution in [2.45, 2.75) is 69.6 Å². The van der Waals surface area contributed by atoms with Crippen LogP contribution in [0.1, 0.15) is 55.3 Å². The SMILES string of the molecule is Cc1cc2c(cc1F)c(C#N)c(-c1cc(C)c(S(=O)(=O)NC(C)C(F)(F)F)cn1)n2C1CCCC1. The van der Waals surface area contributed by atoms with Crippen LogP contribution in [0.2, 0.25) is 0 Å². The van der Waals surface area contributed by atoms with Gasteiger partial charge in [0, 0.05) is 17.6 Å². The highest BCUT2D eigenvalue weighted by molar-refractivity contribution is 7.89. The fraction of sp³-hybridized carbons (Fsp3) is 0.417. The monoisotopic (exact) mass is 508 g/mol. The maximum absolute atomic E-state index is 14.4. The molecule has 1 aromatic carbocycles. The lowest BCUT2D eigenvalue weighted by Gasteiger charge is -2.20. The molecule has 0 aliphatic heterocycles. The molecule has 6 nitrogen and oxygen atoms in total. The average molecular weight is 509 g/mol. The second-order valence-corrected chi connectivity index (χ2v) is 10.7. The van der Waals surface area contributed by atoms with Crippen molar-refractivity contribution in [2.75, 3.05) is 0 Å². The number of halogens is 4. The van der Waals surface area contributed by atoms with Crippen LogP contribution >= 0.6 is 0 Å². The molecule has 0 saturated heterocycles. The van der Waals surface area contributed by atoms with Gasteiger partial charge in [-0.3, -0.25) is 4.98 Å². The van der Waals surface area contributed by atoms with Crippen LogP contribution in [0, 0.1) is 31.0 Å². The third kappa shape index (κ3) is 4.52. The summed E-state index contributed by atoms with van der Waals surface area (Å²) in [4.78, 5) is 3.87. The highest BCUT2D eigenvalue weighted by Crippen LogP contribution is 2.41. The third-order valence-corrected chi connectivity index (χ3v) is 8.17. The number of nitriles is 1. The van der Waals surface area contributed by atoms with Gasteiger partial charge in [0.25, 0.3) is 0 Å². The number of aryl methyl sites for hydroxylation is 2. The summed E-state index contributed by atoms with van der Waals surface area (Å²) in [5.74, 6) is -0.445. The minimum absolute atomic E-state index is 0.0549. The molecule has 0 radical (unpaired) electrons. The van der Waals surface area contributed by atoms with Gasteiger partial charge in [-0.2, -0.15) is 23.2 Å². The van der Waals surface area contributed by atoms with Crippen molar-refractivity contribution >= 4 is 20.9 Å². The van der Waals surface area contributed by atoms with E-state index in [1.54, 1.807) is 17.7 Å². The zero-order valence-corrected chi connectivity index (χ0v) is 20.2. The number of rotatable bonds is 5. The molecule has 1 N–H and O–H groups in total. The summed E-state index contributed by atoms with van der Waals surface area (Å²) in [5, 5.41) is 10.4. The van der Waals surface area contributed by atoms with E-state index < -0.39 is 28.1 Å². The Morgan fingerprint density at radius 2 is 1.83 bits per heavy atom. The summed E-state index contributed by atoms with van der Waals surface area (Å²) in [6.07, 6.45) is -0.0198. The van der Waals surface area contributed by atoms with E-state index in [1.165, 1.54) is 19.1 Å². The maximum Gasteiger partial charge on any atom is 0.404 e. The number of alkyl halides is 3. The summed E-state index contributed by atoms with van der Waals surface area (Å²) in [5.41, 5.74) is 2.26. The number of nitrogens with zero attached hydrogens (tertiary/aromatic N) is 3. The van der Waals surface area contributed by atoms with Crippen LogP contribution in [-0.2, 0) is 10.0 Å². The van der Waals surface area contributed by atoms with Gasteiger partial charge in [-0.05, 0) is 62.9 Å². The molecular formula is C24H24F4N4O2S. The number of aromatic nitrogens is 2. The fourth-order valence-electron chi connectivity index (χ4n) is 4.66. The van der Waals surface area contributed by atoms with Crippen LogP contribution in [0.4, 0.5) is 17.6 Å². The van der Waals surface area contributed by atoms with Crippen molar-refractivity contribution in [1.29, 1.82) is 5.26 Å². The van der Waals surface area contributed by atoms with Gasteiger partial charge in [-0.1, -0.05) is 12.8 Å². The minimum Gasteiger partial charge on any atom is -0.335 e. The smallest absolute Gasteiger partial charge is 0.335 e. The van der Waals surface area contributed by atoms with Crippen LogP contribution in [0.25, 0.3) is 22.3 Å². The van der Waals surface area contributed by atoms with E-state index in [4.69, 9.17) is 0 Å². The fourth-order valence-corrected chi connectivity index (χ4v) is 6.06. The quantitative estimate of drug-likeness (QED) is 0.450. The van der Waals surface area contributed by atoms with E-state index in [0.29, 0.717) is 27.9 Å². The molecule has 2 aromatic heterocycles. The third-order valence-electron chi connectivity index (χ3n) is 6.50. The van der Waals surface area contributed by atoms with Crippen molar-refractivity contribution in [1.82, 2.24) is 14.3 Å². The Bertz CT molecular complexity index is 1450. The normalized spacial score (nSPS) is 16.1. The number of hydrogen-bond acceptors (Lipinski definition) is 4. The lowest BCUT2D eigenvalue weighted by atomic mass is 10.1. The molecule has 3 aromatic rings. The molecule has 1 aliphatic carbocycles. The summed E-state index contributed by atoms with van der Waals surface area (Å²) >= 11 is 0. The van der Waals surface area contributed by atoms with Gasteiger partial charge in [0.2, 0.25) is 10.0 Å². The Morgan fingerprint density at radius 1 is 1.17 bits per heavy atom. The van der Waals surface area contributed by atoms with Gasteiger partial charge < -0.3 is 4.57 Å². The largest absolute Gasteiger partial charge is 0.404 e. The molecule has 0 amide bonds. The van der Waals surface area contributed by atoms with E-state index in [1.807, 2.05) is 4.57 Å². The summed E-state index contributed by atoms with van der Waals surface area (Å²) in [6, 6.07) is 4.39. The lowest BCUT2D eigenvalue weighted by molar-refractivity contribution is -0.147.